The van der Waals surface area contributed by atoms with Gasteiger partial charge in [0.05, 0.1) is 40.2 Å². The lowest BCUT2D eigenvalue weighted by Gasteiger charge is -2.33. The average Bonchev–Trinajstić information content (AvgIpc) is 2.65. The minimum Gasteiger partial charge on any atom is -0.371 e. The Hall–Kier alpha value is -2.08. The van der Waals surface area contributed by atoms with E-state index in [1.165, 1.54) is 6.07 Å². The van der Waals surface area contributed by atoms with Crippen LogP contribution in [0.25, 0.3) is 11.0 Å². The van der Waals surface area contributed by atoms with Gasteiger partial charge in [-0.05, 0) is 36.8 Å². The van der Waals surface area contributed by atoms with Crippen LogP contribution < -0.4 is 0 Å². The summed E-state index contributed by atoms with van der Waals surface area (Å²) < 4.78 is 19.3. The molecule has 1 fully saturated rings. The first-order valence-corrected chi connectivity index (χ1v) is 8.99. The van der Waals surface area contributed by atoms with Gasteiger partial charge in [0, 0.05) is 19.6 Å². The number of fused-ring (bicyclic) bond motifs is 1. The molecule has 0 aliphatic carbocycles. The Morgan fingerprint density at radius 3 is 2.73 bits per heavy atom. The van der Waals surface area contributed by atoms with Crippen molar-refractivity contribution in [3.05, 3.63) is 70.3 Å². The lowest BCUT2D eigenvalue weighted by atomic mass is 10.1. The van der Waals surface area contributed by atoms with Gasteiger partial charge in [0.25, 0.3) is 0 Å². The Labute approximate surface area is 156 Å². The summed E-state index contributed by atoms with van der Waals surface area (Å²) in [7, 11) is 0. The Morgan fingerprint density at radius 2 is 1.96 bits per heavy atom. The summed E-state index contributed by atoms with van der Waals surface area (Å²) in [4.78, 5) is 11.7. The molecule has 0 spiro atoms. The van der Waals surface area contributed by atoms with E-state index < -0.39 is 5.82 Å². The van der Waals surface area contributed by atoms with Crippen LogP contribution in [0.1, 0.15) is 23.1 Å². The van der Waals surface area contributed by atoms with Gasteiger partial charge in [-0.1, -0.05) is 29.8 Å². The second-order valence-electron chi connectivity index (χ2n) is 6.51. The monoisotopic (exact) mass is 371 g/mol. The van der Waals surface area contributed by atoms with Crippen LogP contribution in [0.4, 0.5) is 4.39 Å². The zero-order valence-electron chi connectivity index (χ0n) is 14.5. The summed E-state index contributed by atoms with van der Waals surface area (Å²) in [6.45, 7) is 4.83. The summed E-state index contributed by atoms with van der Waals surface area (Å²) in [5.41, 5.74) is 4.62. The fourth-order valence-corrected chi connectivity index (χ4v) is 3.44. The minimum atomic E-state index is -0.412. The van der Waals surface area contributed by atoms with E-state index in [0.29, 0.717) is 19.7 Å². The second kappa shape index (κ2) is 7.27. The largest absolute Gasteiger partial charge is 0.371 e. The van der Waals surface area contributed by atoms with Crippen molar-refractivity contribution in [2.45, 2.75) is 19.6 Å². The van der Waals surface area contributed by atoms with Crippen LogP contribution in [0.3, 0.4) is 0 Å². The molecule has 0 saturated carbocycles. The molecule has 0 bridgehead atoms. The van der Waals surface area contributed by atoms with Gasteiger partial charge in [0.1, 0.15) is 5.82 Å². The Kier molecular flexibility index (Phi) is 4.85. The maximum Gasteiger partial charge on any atom is 0.141 e. The van der Waals surface area contributed by atoms with Gasteiger partial charge < -0.3 is 4.74 Å². The normalized spacial score (nSPS) is 18.3. The predicted octanol–water partition coefficient (Wildman–Crippen LogP) is 4.30. The summed E-state index contributed by atoms with van der Waals surface area (Å²) in [6.07, 6.45) is -0.129. The third-order valence-corrected chi connectivity index (χ3v) is 4.97. The number of aryl methyl sites for hydroxylation is 1. The summed E-state index contributed by atoms with van der Waals surface area (Å²) in [6, 6.07) is 12.7. The van der Waals surface area contributed by atoms with E-state index in [1.54, 1.807) is 12.1 Å². The molecule has 3 aromatic rings. The molecule has 134 valence electrons. The number of halogens is 2. The molecular weight excluding hydrogens is 353 g/mol. The van der Waals surface area contributed by atoms with Gasteiger partial charge in [-0.25, -0.2) is 14.4 Å². The summed E-state index contributed by atoms with van der Waals surface area (Å²) >= 11 is 5.91. The van der Waals surface area contributed by atoms with E-state index in [-0.39, 0.29) is 11.1 Å². The van der Waals surface area contributed by atoms with Crippen molar-refractivity contribution in [1.82, 2.24) is 14.9 Å². The lowest BCUT2D eigenvalue weighted by molar-refractivity contribution is -0.0333. The zero-order chi connectivity index (χ0) is 18.1. The van der Waals surface area contributed by atoms with E-state index in [2.05, 4.69) is 9.88 Å². The maximum absolute atomic E-state index is 13.4. The molecule has 6 heteroatoms. The molecule has 0 radical (unpaired) electrons. The topological polar surface area (TPSA) is 38.2 Å². The Balaban J connectivity index is 1.53. The highest BCUT2D eigenvalue weighted by molar-refractivity contribution is 6.30. The SMILES string of the molecule is Cc1nc2ccccc2nc1CN1CCOC(c2ccc(F)c(Cl)c2)C1. The maximum atomic E-state index is 13.4. The molecule has 2 aromatic carbocycles. The molecule has 0 N–H and O–H groups in total. The molecule has 1 saturated heterocycles. The predicted molar refractivity (Wildman–Crippen MR) is 99.7 cm³/mol. The summed E-state index contributed by atoms with van der Waals surface area (Å²) in [5, 5.41) is 0.125. The van der Waals surface area contributed by atoms with Crippen molar-refractivity contribution < 1.29 is 9.13 Å². The molecule has 2 heterocycles. The van der Waals surface area contributed by atoms with Crippen LogP contribution in [0.15, 0.2) is 42.5 Å². The average molecular weight is 372 g/mol. The van der Waals surface area contributed by atoms with Crippen LogP contribution >= 0.6 is 11.6 Å². The number of hydrogen-bond acceptors (Lipinski definition) is 4. The van der Waals surface area contributed by atoms with Gasteiger partial charge in [-0.15, -0.1) is 0 Å². The number of benzene rings is 2. The number of hydrogen-bond donors (Lipinski definition) is 0. The smallest absolute Gasteiger partial charge is 0.141 e. The molecule has 4 nitrogen and oxygen atoms in total. The molecule has 26 heavy (non-hydrogen) atoms. The Morgan fingerprint density at radius 1 is 1.19 bits per heavy atom. The highest BCUT2D eigenvalue weighted by Crippen LogP contribution is 2.27. The van der Waals surface area contributed by atoms with Gasteiger partial charge >= 0.3 is 0 Å². The molecule has 1 aromatic heterocycles. The fourth-order valence-electron chi connectivity index (χ4n) is 3.25. The van der Waals surface area contributed by atoms with Crippen molar-refractivity contribution in [2.75, 3.05) is 19.7 Å². The van der Waals surface area contributed by atoms with Crippen LogP contribution in [-0.2, 0) is 11.3 Å². The molecule has 1 aliphatic rings. The lowest BCUT2D eigenvalue weighted by Crippen LogP contribution is -2.38. The highest BCUT2D eigenvalue weighted by atomic mass is 35.5. The number of morpholine rings is 1. The second-order valence-corrected chi connectivity index (χ2v) is 6.92. The van der Waals surface area contributed by atoms with Crippen LogP contribution in [0, 0.1) is 12.7 Å². The van der Waals surface area contributed by atoms with Crippen molar-refractivity contribution in [2.24, 2.45) is 0 Å². The van der Waals surface area contributed by atoms with E-state index in [9.17, 15) is 4.39 Å². The number of aromatic nitrogens is 2. The van der Waals surface area contributed by atoms with Gasteiger partial charge in [0.15, 0.2) is 0 Å². The van der Waals surface area contributed by atoms with Crippen molar-refractivity contribution in [3.8, 4) is 0 Å². The fraction of sp³-hybridized carbons (Fsp3) is 0.300. The van der Waals surface area contributed by atoms with Crippen molar-refractivity contribution >= 4 is 22.6 Å². The van der Waals surface area contributed by atoms with E-state index in [4.69, 9.17) is 21.3 Å². The molecule has 1 aliphatic heterocycles. The third-order valence-electron chi connectivity index (χ3n) is 4.68. The molecule has 4 rings (SSSR count). The molecule has 0 amide bonds. The molecular formula is C20H19ClFN3O. The van der Waals surface area contributed by atoms with Crippen LogP contribution in [0.2, 0.25) is 5.02 Å². The van der Waals surface area contributed by atoms with E-state index in [0.717, 1.165) is 34.5 Å². The van der Waals surface area contributed by atoms with Crippen LogP contribution in [-0.4, -0.2) is 34.6 Å². The van der Waals surface area contributed by atoms with E-state index >= 15 is 0 Å². The molecule has 1 unspecified atom stereocenters. The van der Waals surface area contributed by atoms with Gasteiger partial charge in [-0.2, -0.15) is 0 Å². The summed E-state index contributed by atoms with van der Waals surface area (Å²) in [5.74, 6) is -0.412. The van der Waals surface area contributed by atoms with Crippen LogP contribution in [0.5, 0.6) is 0 Å². The number of ether oxygens (including phenoxy) is 1. The zero-order valence-corrected chi connectivity index (χ0v) is 15.2. The first-order chi connectivity index (χ1) is 12.6. The number of para-hydroxylation sites is 2. The minimum absolute atomic E-state index is 0.125. The quantitative estimate of drug-likeness (QED) is 0.687. The Bertz CT molecular complexity index is 949. The van der Waals surface area contributed by atoms with Crippen molar-refractivity contribution in [3.63, 3.8) is 0 Å². The van der Waals surface area contributed by atoms with Gasteiger partial charge in [0.2, 0.25) is 0 Å². The van der Waals surface area contributed by atoms with Crippen molar-refractivity contribution in [1.29, 1.82) is 0 Å². The van der Waals surface area contributed by atoms with Gasteiger partial charge in [-0.3, -0.25) is 4.90 Å². The first-order valence-electron chi connectivity index (χ1n) is 8.61. The highest BCUT2D eigenvalue weighted by Gasteiger charge is 2.23. The number of nitrogens with zero attached hydrogens (tertiary/aromatic N) is 3. The van der Waals surface area contributed by atoms with E-state index in [1.807, 2.05) is 31.2 Å². The number of rotatable bonds is 3. The first kappa shape index (κ1) is 17.3. The third kappa shape index (κ3) is 3.56. The standard InChI is InChI=1S/C20H19ClFN3O/c1-13-19(24-18-5-3-2-4-17(18)23-13)11-25-8-9-26-20(12-25)14-6-7-16(22)15(21)10-14/h2-7,10,20H,8-9,11-12H2,1H3. The molecule has 1 atom stereocenters.